The second kappa shape index (κ2) is 6.27. The van der Waals surface area contributed by atoms with Gasteiger partial charge in [-0.15, -0.1) is 0 Å². The highest BCUT2D eigenvalue weighted by molar-refractivity contribution is 7.90. The van der Waals surface area contributed by atoms with Crippen molar-refractivity contribution < 1.29 is 17.9 Å². The van der Waals surface area contributed by atoms with Crippen molar-refractivity contribution in [1.29, 1.82) is 0 Å². The fourth-order valence-corrected chi connectivity index (χ4v) is 4.20. The number of fused-ring (bicyclic) bond motifs is 1. The van der Waals surface area contributed by atoms with Gasteiger partial charge in [-0.25, -0.2) is 8.42 Å². The highest BCUT2D eigenvalue weighted by atomic mass is 32.2. The molecular weight excluding hydrogens is 330 g/mol. The molecule has 128 valence electrons. The number of nitrogens with zero attached hydrogens (tertiary/aromatic N) is 2. The van der Waals surface area contributed by atoms with Crippen LogP contribution in [0.3, 0.4) is 0 Å². The molecule has 1 aromatic carbocycles. The summed E-state index contributed by atoms with van der Waals surface area (Å²) < 4.78 is 30.4. The molecule has 1 N–H and O–H groups in total. The van der Waals surface area contributed by atoms with Gasteiger partial charge in [-0.05, 0) is 17.7 Å². The van der Waals surface area contributed by atoms with E-state index < -0.39 is 9.84 Å². The first-order valence-corrected chi connectivity index (χ1v) is 9.38. The molecule has 0 fully saturated rings. The van der Waals surface area contributed by atoms with Gasteiger partial charge in [0.05, 0.1) is 18.6 Å². The molecule has 1 aliphatic rings. The number of carbonyl (C=O) groups is 1. The second-order valence-electron chi connectivity index (χ2n) is 5.77. The summed E-state index contributed by atoms with van der Waals surface area (Å²) in [5.74, 6) is 0.363. The monoisotopic (exact) mass is 349 g/mol. The minimum Gasteiger partial charge on any atom is -0.497 e. The number of ether oxygens (including phenoxy) is 1. The summed E-state index contributed by atoms with van der Waals surface area (Å²) in [6.45, 7) is 0.334. The molecule has 7 nitrogen and oxygen atoms in total. The molecule has 2 heterocycles. The molecule has 0 spiro atoms. The molecule has 0 saturated carbocycles. The van der Waals surface area contributed by atoms with Crippen LogP contribution in [0.25, 0.3) is 0 Å². The molecule has 1 amide bonds. The maximum Gasteiger partial charge on any atom is 0.272 e. The average Bonchev–Trinajstić information content (AvgIpc) is 2.88. The van der Waals surface area contributed by atoms with E-state index in [1.54, 1.807) is 18.8 Å². The number of amides is 1. The lowest BCUT2D eigenvalue weighted by molar-refractivity contribution is 0.0944. The van der Waals surface area contributed by atoms with Gasteiger partial charge in [-0.2, -0.15) is 5.10 Å². The lowest BCUT2D eigenvalue weighted by atomic mass is 10.1. The van der Waals surface area contributed by atoms with Gasteiger partial charge in [0.25, 0.3) is 5.91 Å². The third kappa shape index (κ3) is 3.28. The molecule has 0 aliphatic carbocycles. The van der Waals surface area contributed by atoms with Crippen LogP contribution in [0.1, 0.15) is 27.3 Å². The number of hydrogen-bond donors (Lipinski definition) is 1. The first kappa shape index (κ1) is 16.5. The van der Waals surface area contributed by atoms with E-state index in [0.717, 1.165) is 17.0 Å². The topological polar surface area (TPSA) is 90.3 Å². The van der Waals surface area contributed by atoms with Gasteiger partial charge in [0.15, 0.2) is 15.5 Å². The Labute approximate surface area is 140 Å². The van der Waals surface area contributed by atoms with E-state index >= 15 is 0 Å². The van der Waals surface area contributed by atoms with Crippen molar-refractivity contribution in [2.45, 2.75) is 18.7 Å². The van der Waals surface area contributed by atoms with Crippen LogP contribution in [0, 0.1) is 0 Å². The zero-order valence-corrected chi connectivity index (χ0v) is 14.4. The molecule has 2 aromatic rings. The Morgan fingerprint density at radius 1 is 1.33 bits per heavy atom. The number of aryl methyl sites for hydroxylation is 1. The van der Waals surface area contributed by atoms with Crippen LogP contribution in [0.15, 0.2) is 24.3 Å². The van der Waals surface area contributed by atoms with Crippen molar-refractivity contribution in [2.75, 3.05) is 12.9 Å². The predicted molar refractivity (Wildman–Crippen MR) is 88.6 cm³/mol. The van der Waals surface area contributed by atoms with Crippen LogP contribution in [0.4, 0.5) is 0 Å². The Morgan fingerprint density at radius 2 is 2.04 bits per heavy atom. The Kier molecular flexibility index (Phi) is 4.31. The van der Waals surface area contributed by atoms with E-state index in [4.69, 9.17) is 4.74 Å². The molecule has 0 radical (unpaired) electrons. The van der Waals surface area contributed by atoms with Crippen LogP contribution < -0.4 is 10.1 Å². The van der Waals surface area contributed by atoms with E-state index in [1.807, 2.05) is 24.3 Å². The van der Waals surface area contributed by atoms with Gasteiger partial charge in [0.2, 0.25) is 0 Å². The van der Waals surface area contributed by atoms with E-state index in [2.05, 4.69) is 10.4 Å². The number of carbonyl (C=O) groups excluding carboxylic acids is 1. The molecule has 8 heteroatoms. The van der Waals surface area contributed by atoms with Crippen molar-refractivity contribution in [3.8, 4) is 5.75 Å². The molecule has 3 rings (SSSR count). The minimum absolute atomic E-state index is 0.104. The molecular formula is C16H19N3O4S. The summed E-state index contributed by atoms with van der Waals surface area (Å²) in [5.41, 5.74) is 2.46. The third-order valence-electron chi connectivity index (χ3n) is 4.12. The Hall–Kier alpha value is -2.35. The molecule has 1 aromatic heterocycles. The molecule has 0 atom stereocenters. The lowest BCUT2D eigenvalue weighted by Crippen LogP contribution is -2.26. The quantitative estimate of drug-likeness (QED) is 0.883. The summed E-state index contributed by atoms with van der Waals surface area (Å²) >= 11 is 0. The fraction of sp³-hybridized carbons (Fsp3) is 0.375. The largest absolute Gasteiger partial charge is 0.497 e. The molecule has 24 heavy (non-hydrogen) atoms. The average molecular weight is 349 g/mol. The third-order valence-corrected chi connectivity index (χ3v) is 5.67. The summed E-state index contributed by atoms with van der Waals surface area (Å²) in [6.07, 6.45) is 0.396. The summed E-state index contributed by atoms with van der Waals surface area (Å²) in [4.78, 5) is 12.4. The normalized spacial score (nSPS) is 15.6. The maximum absolute atomic E-state index is 12.4. The van der Waals surface area contributed by atoms with Crippen molar-refractivity contribution in [2.24, 2.45) is 7.05 Å². The van der Waals surface area contributed by atoms with Crippen LogP contribution in [-0.4, -0.2) is 37.0 Å². The van der Waals surface area contributed by atoms with Gasteiger partial charge in [-0.3, -0.25) is 9.48 Å². The smallest absolute Gasteiger partial charge is 0.272 e. The number of benzene rings is 1. The SMILES string of the molecule is COc1ccc(CNC(=O)c2nn(C)c3c2CS(=O)(=O)CC3)cc1. The van der Waals surface area contributed by atoms with Crippen molar-refractivity contribution >= 4 is 15.7 Å². The van der Waals surface area contributed by atoms with Crippen molar-refractivity contribution in [3.05, 3.63) is 46.8 Å². The Bertz CT molecular complexity index is 869. The number of aromatic nitrogens is 2. The first-order valence-electron chi connectivity index (χ1n) is 7.56. The highest BCUT2D eigenvalue weighted by Gasteiger charge is 2.30. The Morgan fingerprint density at radius 3 is 2.71 bits per heavy atom. The van der Waals surface area contributed by atoms with E-state index in [1.165, 1.54) is 0 Å². The van der Waals surface area contributed by atoms with Crippen molar-refractivity contribution in [3.63, 3.8) is 0 Å². The van der Waals surface area contributed by atoms with Crippen LogP contribution in [-0.2, 0) is 35.6 Å². The van der Waals surface area contributed by atoms with Crippen LogP contribution in [0.2, 0.25) is 0 Å². The summed E-state index contributed by atoms with van der Waals surface area (Å²) in [7, 11) is 0.165. The molecule has 0 unspecified atom stereocenters. The second-order valence-corrected chi connectivity index (χ2v) is 7.95. The van der Waals surface area contributed by atoms with Gasteiger partial charge >= 0.3 is 0 Å². The van der Waals surface area contributed by atoms with E-state index in [0.29, 0.717) is 18.5 Å². The number of nitrogens with one attached hydrogen (secondary N) is 1. The fourth-order valence-electron chi connectivity index (χ4n) is 2.80. The highest BCUT2D eigenvalue weighted by Crippen LogP contribution is 2.23. The van der Waals surface area contributed by atoms with Crippen LogP contribution >= 0.6 is 0 Å². The number of hydrogen-bond acceptors (Lipinski definition) is 5. The predicted octanol–water partition coefficient (Wildman–Crippen LogP) is 0.830. The van der Waals surface area contributed by atoms with Gasteiger partial charge in [-0.1, -0.05) is 12.1 Å². The first-order chi connectivity index (χ1) is 11.4. The molecule has 0 saturated heterocycles. The van der Waals surface area contributed by atoms with E-state index in [-0.39, 0.29) is 23.1 Å². The van der Waals surface area contributed by atoms with Crippen molar-refractivity contribution in [1.82, 2.24) is 15.1 Å². The van der Waals surface area contributed by atoms with Crippen LogP contribution in [0.5, 0.6) is 5.75 Å². The molecule has 1 aliphatic heterocycles. The zero-order chi connectivity index (χ0) is 17.3. The van der Waals surface area contributed by atoms with E-state index in [9.17, 15) is 13.2 Å². The lowest BCUT2D eigenvalue weighted by Gasteiger charge is -2.13. The minimum atomic E-state index is -3.16. The standard InChI is InChI=1S/C16H19N3O4S/c1-19-14-7-8-24(21,22)10-13(14)15(18-19)16(20)17-9-11-3-5-12(23-2)6-4-11/h3-6H,7-10H2,1-2H3,(H,17,20). The Balaban J connectivity index is 1.76. The van der Waals surface area contributed by atoms with Gasteiger partial charge < -0.3 is 10.1 Å². The number of sulfone groups is 1. The summed E-state index contributed by atoms with van der Waals surface area (Å²) in [6, 6.07) is 7.35. The molecule has 0 bridgehead atoms. The summed E-state index contributed by atoms with van der Waals surface area (Å²) in [5, 5.41) is 7.01. The van der Waals surface area contributed by atoms with Gasteiger partial charge in [0.1, 0.15) is 5.75 Å². The number of methoxy groups -OCH3 is 1. The zero-order valence-electron chi connectivity index (χ0n) is 13.6. The van der Waals surface area contributed by atoms with Gasteiger partial charge in [0, 0.05) is 31.3 Å². The number of rotatable bonds is 4. The maximum atomic E-state index is 12.4.